The van der Waals surface area contributed by atoms with Crippen LogP contribution in [-0.2, 0) is 11.2 Å². The zero-order chi connectivity index (χ0) is 19.3. The molecule has 0 radical (unpaired) electrons. The summed E-state index contributed by atoms with van der Waals surface area (Å²) >= 11 is 1.56. The molecule has 140 valence electrons. The van der Waals surface area contributed by atoms with Gasteiger partial charge in [-0.1, -0.05) is 42.5 Å². The van der Waals surface area contributed by atoms with Crippen LogP contribution in [0.3, 0.4) is 0 Å². The lowest BCUT2D eigenvalue weighted by atomic mass is 10.1. The predicted molar refractivity (Wildman–Crippen MR) is 111 cm³/mol. The van der Waals surface area contributed by atoms with Crippen molar-refractivity contribution in [1.82, 2.24) is 19.9 Å². The van der Waals surface area contributed by atoms with Crippen LogP contribution in [0.5, 0.6) is 0 Å². The van der Waals surface area contributed by atoms with Crippen LogP contribution >= 0.6 is 11.3 Å². The third-order valence-electron chi connectivity index (χ3n) is 4.49. The quantitative estimate of drug-likeness (QED) is 0.532. The van der Waals surface area contributed by atoms with Gasteiger partial charge in [0.1, 0.15) is 5.01 Å². The van der Waals surface area contributed by atoms with E-state index >= 15 is 0 Å². The summed E-state index contributed by atoms with van der Waals surface area (Å²) in [7, 11) is 0. The summed E-state index contributed by atoms with van der Waals surface area (Å²) in [5, 5.41) is 5.94. The number of thiazole rings is 1. The highest BCUT2D eigenvalue weighted by atomic mass is 32.1. The summed E-state index contributed by atoms with van der Waals surface area (Å²) in [6.07, 6.45) is 5.69. The number of carbonyl (C=O) groups excluding carboxylic acids is 1. The van der Waals surface area contributed by atoms with Crippen LogP contribution in [-0.4, -0.2) is 20.4 Å². The second kappa shape index (κ2) is 8.19. The van der Waals surface area contributed by atoms with Gasteiger partial charge in [0.25, 0.3) is 0 Å². The lowest BCUT2D eigenvalue weighted by Gasteiger charge is -2.14. The standard InChI is InChI=1S/C22H20N4OS/c1-16(17-7-9-20(10-8-17)26-12-11-23-15-26)24-21(27)13-19-14-28-22(25-19)18-5-3-2-4-6-18/h2-12,14-16H,13H2,1H3,(H,24,27). The number of carbonyl (C=O) groups is 1. The third-order valence-corrected chi connectivity index (χ3v) is 5.43. The lowest BCUT2D eigenvalue weighted by molar-refractivity contribution is -0.121. The molecule has 0 bridgehead atoms. The summed E-state index contributed by atoms with van der Waals surface area (Å²) in [6, 6.07) is 18.0. The van der Waals surface area contributed by atoms with Crippen molar-refractivity contribution in [3.05, 3.63) is 90.0 Å². The number of benzene rings is 2. The molecule has 5 nitrogen and oxygen atoms in total. The van der Waals surface area contributed by atoms with Gasteiger partial charge in [0.05, 0.1) is 24.5 Å². The zero-order valence-electron chi connectivity index (χ0n) is 15.4. The molecule has 0 saturated heterocycles. The summed E-state index contributed by atoms with van der Waals surface area (Å²) in [5.74, 6) is -0.0314. The van der Waals surface area contributed by atoms with Crippen LogP contribution in [0.25, 0.3) is 16.3 Å². The first-order valence-corrected chi connectivity index (χ1v) is 9.94. The van der Waals surface area contributed by atoms with Crippen molar-refractivity contribution < 1.29 is 4.79 Å². The van der Waals surface area contributed by atoms with E-state index in [1.807, 2.05) is 77.7 Å². The Hall–Kier alpha value is -3.25. The van der Waals surface area contributed by atoms with Crippen molar-refractivity contribution in [2.75, 3.05) is 0 Å². The van der Waals surface area contributed by atoms with Gasteiger partial charge in [-0.05, 0) is 24.6 Å². The average Bonchev–Trinajstić information content (AvgIpc) is 3.41. The van der Waals surface area contributed by atoms with Crippen LogP contribution in [0, 0.1) is 0 Å². The maximum Gasteiger partial charge on any atom is 0.226 e. The summed E-state index contributed by atoms with van der Waals surface area (Å²) in [4.78, 5) is 21.1. The molecule has 1 amide bonds. The molecule has 0 spiro atoms. The number of hydrogen-bond donors (Lipinski definition) is 1. The molecule has 0 saturated carbocycles. The van der Waals surface area contributed by atoms with Crippen LogP contribution < -0.4 is 5.32 Å². The van der Waals surface area contributed by atoms with E-state index in [0.717, 1.165) is 27.5 Å². The van der Waals surface area contributed by atoms with Crippen molar-refractivity contribution in [2.45, 2.75) is 19.4 Å². The van der Waals surface area contributed by atoms with Gasteiger partial charge in [0, 0.05) is 29.0 Å². The van der Waals surface area contributed by atoms with Gasteiger partial charge in [0.15, 0.2) is 0 Å². The second-order valence-electron chi connectivity index (χ2n) is 6.54. The zero-order valence-corrected chi connectivity index (χ0v) is 16.3. The van der Waals surface area contributed by atoms with Crippen LogP contribution in [0.4, 0.5) is 0 Å². The van der Waals surface area contributed by atoms with Crippen molar-refractivity contribution >= 4 is 17.2 Å². The molecule has 1 N–H and O–H groups in total. The van der Waals surface area contributed by atoms with Crippen molar-refractivity contribution in [2.24, 2.45) is 0 Å². The first-order chi connectivity index (χ1) is 13.7. The normalized spacial score (nSPS) is 11.9. The van der Waals surface area contributed by atoms with Crippen LogP contribution in [0.2, 0.25) is 0 Å². The average molecular weight is 388 g/mol. The first kappa shape index (κ1) is 18.1. The largest absolute Gasteiger partial charge is 0.349 e. The van der Waals surface area contributed by atoms with E-state index in [2.05, 4.69) is 15.3 Å². The third kappa shape index (κ3) is 4.18. The first-order valence-electron chi connectivity index (χ1n) is 9.06. The Balaban J connectivity index is 1.36. The van der Waals surface area contributed by atoms with Gasteiger partial charge in [0.2, 0.25) is 5.91 Å². The van der Waals surface area contributed by atoms with E-state index in [4.69, 9.17) is 0 Å². The Kier molecular flexibility index (Phi) is 5.30. The maximum atomic E-state index is 12.4. The fourth-order valence-corrected chi connectivity index (χ4v) is 3.81. The highest BCUT2D eigenvalue weighted by molar-refractivity contribution is 7.13. The molecule has 28 heavy (non-hydrogen) atoms. The van der Waals surface area contributed by atoms with Gasteiger partial charge in [-0.2, -0.15) is 0 Å². The fourth-order valence-electron chi connectivity index (χ4n) is 2.99. The number of imidazole rings is 1. The molecule has 2 heterocycles. The Morgan fingerprint density at radius 3 is 2.64 bits per heavy atom. The Bertz CT molecular complexity index is 1040. The van der Waals surface area contributed by atoms with E-state index in [-0.39, 0.29) is 18.4 Å². The van der Waals surface area contributed by atoms with Crippen LogP contribution in [0.1, 0.15) is 24.2 Å². The van der Waals surface area contributed by atoms with Gasteiger partial charge in [-0.15, -0.1) is 11.3 Å². The molecule has 1 atom stereocenters. The number of rotatable bonds is 6. The van der Waals surface area contributed by atoms with Crippen molar-refractivity contribution in [3.63, 3.8) is 0 Å². The van der Waals surface area contributed by atoms with E-state index in [1.165, 1.54) is 0 Å². The lowest BCUT2D eigenvalue weighted by Crippen LogP contribution is -2.28. The monoisotopic (exact) mass is 388 g/mol. The minimum atomic E-state index is -0.0726. The molecule has 0 fully saturated rings. The SMILES string of the molecule is CC(NC(=O)Cc1csc(-c2ccccc2)n1)c1ccc(-n2ccnc2)cc1. The molecular weight excluding hydrogens is 368 g/mol. The number of nitrogens with one attached hydrogen (secondary N) is 1. The van der Waals surface area contributed by atoms with Crippen molar-refractivity contribution in [3.8, 4) is 16.3 Å². The smallest absolute Gasteiger partial charge is 0.226 e. The highest BCUT2D eigenvalue weighted by Crippen LogP contribution is 2.23. The predicted octanol–water partition coefficient (Wildman–Crippen LogP) is 4.42. The number of nitrogens with zero attached hydrogens (tertiary/aromatic N) is 3. The van der Waals surface area contributed by atoms with E-state index in [9.17, 15) is 4.79 Å². The minimum absolute atomic E-state index is 0.0314. The van der Waals surface area contributed by atoms with Crippen LogP contribution in [0.15, 0.2) is 78.7 Å². The summed E-state index contributed by atoms with van der Waals surface area (Å²) in [5.41, 5.74) is 3.96. The van der Waals surface area contributed by atoms with Gasteiger partial charge >= 0.3 is 0 Å². The molecule has 2 aromatic heterocycles. The Labute approximate surface area is 167 Å². The van der Waals surface area contributed by atoms with Gasteiger partial charge < -0.3 is 9.88 Å². The molecule has 0 aliphatic carbocycles. The number of amides is 1. The number of aromatic nitrogens is 3. The second-order valence-corrected chi connectivity index (χ2v) is 7.40. The molecule has 4 rings (SSSR count). The number of hydrogen-bond acceptors (Lipinski definition) is 4. The maximum absolute atomic E-state index is 12.4. The molecule has 6 heteroatoms. The molecule has 4 aromatic rings. The van der Waals surface area contributed by atoms with Crippen molar-refractivity contribution in [1.29, 1.82) is 0 Å². The Morgan fingerprint density at radius 1 is 1.14 bits per heavy atom. The van der Waals surface area contributed by atoms with E-state index < -0.39 is 0 Å². The van der Waals surface area contributed by atoms with Gasteiger partial charge in [-0.25, -0.2) is 9.97 Å². The molecule has 0 aliphatic heterocycles. The molecular formula is C22H20N4OS. The Morgan fingerprint density at radius 2 is 1.93 bits per heavy atom. The summed E-state index contributed by atoms with van der Waals surface area (Å²) in [6.45, 7) is 1.99. The summed E-state index contributed by atoms with van der Waals surface area (Å²) < 4.78 is 1.94. The minimum Gasteiger partial charge on any atom is -0.349 e. The fraction of sp³-hybridized carbons (Fsp3) is 0.136. The van der Waals surface area contributed by atoms with E-state index in [1.54, 1.807) is 23.9 Å². The molecule has 1 unspecified atom stereocenters. The van der Waals surface area contributed by atoms with Gasteiger partial charge in [-0.3, -0.25) is 4.79 Å². The highest BCUT2D eigenvalue weighted by Gasteiger charge is 2.13. The van der Waals surface area contributed by atoms with E-state index in [0.29, 0.717) is 0 Å². The topological polar surface area (TPSA) is 59.8 Å². The molecule has 2 aromatic carbocycles. The molecule has 0 aliphatic rings.